The van der Waals surface area contributed by atoms with Crippen molar-refractivity contribution < 1.29 is 17.7 Å². The van der Waals surface area contributed by atoms with Crippen molar-refractivity contribution >= 4 is 10.1 Å². The fourth-order valence-electron chi connectivity index (χ4n) is 2.39. The van der Waals surface area contributed by atoms with Crippen LogP contribution in [0.2, 0.25) is 0 Å². The summed E-state index contributed by atoms with van der Waals surface area (Å²) in [5, 5.41) is 0. The van der Waals surface area contributed by atoms with E-state index in [-0.39, 0.29) is 0 Å². The molecule has 0 radical (unpaired) electrons. The van der Waals surface area contributed by atoms with Gasteiger partial charge in [0.25, 0.3) is 10.1 Å². The summed E-state index contributed by atoms with van der Waals surface area (Å²) >= 11 is 0. The zero-order chi connectivity index (χ0) is 10.2. The zero-order valence-electron chi connectivity index (χ0n) is 7.80. The van der Waals surface area contributed by atoms with Crippen LogP contribution in [0, 0.1) is 17.8 Å². The van der Waals surface area contributed by atoms with Gasteiger partial charge in [-0.25, -0.2) is 0 Å². The van der Waals surface area contributed by atoms with E-state index in [1.165, 1.54) is 6.42 Å². The van der Waals surface area contributed by atoms with E-state index in [2.05, 4.69) is 12.2 Å². The Morgan fingerprint density at radius 2 is 2.14 bits per heavy atom. The lowest BCUT2D eigenvalue weighted by atomic mass is 9.95. The molecular formula is C9H14O4S. The van der Waals surface area contributed by atoms with Gasteiger partial charge in [0.15, 0.2) is 5.94 Å². The first-order valence-corrected chi connectivity index (χ1v) is 6.37. The minimum Gasteiger partial charge on any atom is -0.363 e. The van der Waals surface area contributed by atoms with E-state index in [1.807, 2.05) is 0 Å². The third-order valence-corrected chi connectivity index (χ3v) is 3.45. The summed E-state index contributed by atoms with van der Waals surface area (Å²) in [5.41, 5.74) is 0. The van der Waals surface area contributed by atoms with Gasteiger partial charge in [-0.05, 0) is 30.6 Å². The predicted molar refractivity (Wildman–Crippen MR) is 51.2 cm³/mol. The molecule has 0 aliphatic heterocycles. The summed E-state index contributed by atoms with van der Waals surface area (Å²) in [4.78, 5) is 0. The predicted octanol–water partition coefficient (Wildman–Crippen LogP) is 1.06. The average molecular weight is 218 g/mol. The molecule has 0 aromatic heterocycles. The summed E-state index contributed by atoms with van der Waals surface area (Å²) in [7, 11) is -3.97. The lowest BCUT2D eigenvalue weighted by Crippen LogP contribution is -2.17. The van der Waals surface area contributed by atoms with E-state index in [0.717, 1.165) is 6.42 Å². The highest BCUT2D eigenvalue weighted by Gasteiger charge is 2.35. The van der Waals surface area contributed by atoms with Crippen molar-refractivity contribution in [2.75, 3.05) is 12.5 Å². The zero-order valence-corrected chi connectivity index (χ0v) is 8.61. The number of hydrogen-bond donors (Lipinski definition) is 1. The molecule has 3 unspecified atom stereocenters. The molecule has 4 nitrogen and oxygen atoms in total. The van der Waals surface area contributed by atoms with E-state index in [4.69, 9.17) is 9.29 Å². The first kappa shape index (κ1) is 10.1. The first-order valence-electron chi connectivity index (χ1n) is 4.76. The molecule has 5 heteroatoms. The molecule has 3 atom stereocenters. The fraction of sp³-hybridized carbons (Fsp3) is 0.778. The van der Waals surface area contributed by atoms with Gasteiger partial charge in [-0.15, -0.1) is 0 Å². The van der Waals surface area contributed by atoms with Crippen molar-refractivity contribution in [2.24, 2.45) is 17.8 Å². The van der Waals surface area contributed by atoms with Gasteiger partial charge in [-0.3, -0.25) is 4.55 Å². The second kappa shape index (κ2) is 3.64. The van der Waals surface area contributed by atoms with Gasteiger partial charge < -0.3 is 4.74 Å². The largest absolute Gasteiger partial charge is 0.363 e. The van der Waals surface area contributed by atoms with Crippen LogP contribution in [0.25, 0.3) is 0 Å². The second-order valence-corrected chi connectivity index (χ2v) is 5.51. The Morgan fingerprint density at radius 1 is 1.36 bits per heavy atom. The Kier molecular flexibility index (Phi) is 2.64. The maximum absolute atomic E-state index is 10.4. The standard InChI is InChI=1S/C9H14O4S/c10-14(11,12)6-13-5-9-4-7-1-2-8(9)3-7/h1-2,7-9H,3-6H2,(H,10,11,12). The van der Waals surface area contributed by atoms with Crippen molar-refractivity contribution in [1.29, 1.82) is 0 Å². The lowest BCUT2D eigenvalue weighted by Gasteiger charge is -2.17. The van der Waals surface area contributed by atoms with Crippen LogP contribution in [0.4, 0.5) is 0 Å². The minimum absolute atomic E-state index is 0.436. The molecule has 1 saturated carbocycles. The van der Waals surface area contributed by atoms with Crippen molar-refractivity contribution in [1.82, 2.24) is 0 Å². The van der Waals surface area contributed by atoms with Crippen LogP contribution in [0.3, 0.4) is 0 Å². The SMILES string of the molecule is O=S(=O)(O)COCC1CC2C=CC1C2. The summed E-state index contributed by atoms with van der Waals surface area (Å²) in [6.07, 6.45) is 6.69. The molecule has 2 rings (SSSR count). The monoisotopic (exact) mass is 218 g/mol. The molecule has 2 aliphatic rings. The van der Waals surface area contributed by atoms with E-state index in [0.29, 0.717) is 24.4 Å². The molecule has 0 saturated heterocycles. The highest BCUT2D eigenvalue weighted by atomic mass is 32.2. The summed E-state index contributed by atoms with van der Waals surface area (Å²) in [5.74, 6) is 1.08. The van der Waals surface area contributed by atoms with Crippen LogP contribution in [0.1, 0.15) is 12.8 Å². The van der Waals surface area contributed by atoms with Crippen LogP contribution in [0.15, 0.2) is 12.2 Å². The molecule has 0 aromatic rings. The molecule has 0 heterocycles. The van der Waals surface area contributed by atoms with E-state index < -0.39 is 16.1 Å². The van der Waals surface area contributed by atoms with Crippen LogP contribution >= 0.6 is 0 Å². The smallest absolute Gasteiger partial charge is 0.289 e. The molecule has 14 heavy (non-hydrogen) atoms. The molecule has 1 N–H and O–H groups in total. The second-order valence-electron chi connectivity index (χ2n) is 4.11. The van der Waals surface area contributed by atoms with Gasteiger partial charge in [0.05, 0.1) is 6.61 Å². The highest BCUT2D eigenvalue weighted by Crippen LogP contribution is 2.43. The Labute approximate surface area is 83.7 Å². The number of hydrogen-bond acceptors (Lipinski definition) is 3. The van der Waals surface area contributed by atoms with Crippen molar-refractivity contribution in [2.45, 2.75) is 12.8 Å². The van der Waals surface area contributed by atoms with Crippen LogP contribution < -0.4 is 0 Å². The van der Waals surface area contributed by atoms with Gasteiger partial charge in [-0.1, -0.05) is 12.2 Å². The minimum atomic E-state index is -3.97. The molecule has 0 aromatic carbocycles. The number of rotatable bonds is 4. The molecule has 2 aliphatic carbocycles. The maximum atomic E-state index is 10.4. The first-order chi connectivity index (χ1) is 6.54. The Hall–Kier alpha value is -0.390. The molecule has 1 fully saturated rings. The number of ether oxygens (including phenoxy) is 1. The lowest BCUT2D eigenvalue weighted by molar-refractivity contribution is 0.120. The summed E-state index contributed by atoms with van der Waals surface area (Å²) < 4.78 is 34.2. The van der Waals surface area contributed by atoms with Crippen LogP contribution in [-0.4, -0.2) is 25.5 Å². The van der Waals surface area contributed by atoms with Gasteiger partial charge in [0.1, 0.15) is 0 Å². The van der Waals surface area contributed by atoms with E-state index in [9.17, 15) is 8.42 Å². The summed E-state index contributed by atoms with van der Waals surface area (Å²) in [6, 6.07) is 0. The molecule has 2 bridgehead atoms. The van der Waals surface area contributed by atoms with E-state index >= 15 is 0 Å². The quantitative estimate of drug-likeness (QED) is 0.566. The fourth-order valence-corrected chi connectivity index (χ4v) is 2.70. The highest BCUT2D eigenvalue weighted by molar-refractivity contribution is 7.85. The van der Waals surface area contributed by atoms with Crippen molar-refractivity contribution in [3.05, 3.63) is 12.2 Å². The van der Waals surface area contributed by atoms with Crippen molar-refractivity contribution in [3.63, 3.8) is 0 Å². The molecule has 80 valence electrons. The van der Waals surface area contributed by atoms with Crippen LogP contribution in [0.5, 0.6) is 0 Å². The van der Waals surface area contributed by atoms with Gasteiger partial charge >= 0.3 is 0 Å². The molecule has 0 spiro atoms. The normalized spacial score (nSPS) is 35.4. The Morgan fingerprint density at radius 3 is 2.64 bits per heavy atom. The van der Waals surface area contributed by atoms with Crippen LogP contribution in [-0.2, 0) is 14.9 Å². The molecule has 0 amide bonds. The van der Waals surface area contributed by atoms with E-state index in [1.54, 1.807) is 0 Å². The van der Waals surface area contributed by atoms with Gasteiger partial charge in [0, 0.05) is 0 Å². The van der Waals surface area contributed by atoms with Crippen molar-refractivity contribution in [3.8, 4) is 0 Å². The third kappa shape index (κ3) is 2.34. The number of fused-ring (bicyclic) bond motifs is 2. The maximum Gasteiger partial charge on any atom is 0.289 e. The summed E-state index contributed by atoms with van der Waals surface area (Å²) in [6.45, 7) is 0.436. The van der Waals surface area contributed by atoms with Gasteiger partial charge in [-0.2, -0.15) is 8.42 Å². The topological polar surface area (TPSA) is 63.6 Å². The Balaban J connectivity index is 1.75. The van der Waals surface area contributed by atoms with Gasteiger partial charge in [0.2, 0.25) is 0 Å². The Bertz CT molecular complexity index is 333. The number of allylic oxidation sites excluding steroid dienone is 2. The average Bonchev–Trinajstić information content (AvgIpc) is 2.62. The third-order valence-electron chi connectivity index (χ3n) is 2.98. The molecular weight excluding hydrogens is 204 g/mol.